The first-order valence-corrected chi connectivity index (χ1v) is 6.99. The van der Waals surface area contributed by atoms with Crippen LogP contribution < -0.4 is 5.73 Å². The maximum absolute atomic E-state index is 6.28. The number of aromatic nitrogens is 2. The third-order valence-electron chi connectivity index (χ3n) is 3.38. The molecule has 0 fully saturated rings. The van der Waals surface area contributed by atoms with E-state index >= 15 is 0 Å². The predicted octanol–water partition coefficient (Wildman–Crippen LogP) is 4.08. The molecule has 3 rings (SSSR count). The number of benzene rings is 1. The molecule has 0 atom stereocenters. The van der Waals surface area contributed by atoms with E-state index in [2.05, 4.69) is 0 Å². The second-order valence-corrected chi connectivity index (χ2v) is 5.44. The van der Waals surface area contributed by atoms with Gasteiger partial charge in [-0.2, -0.15) is 0 Å². The summed E-state index contributed by atoms with van der Waals surface area (Å²) >= 11 is 12.2. The zero-order valence-corrected chi connectivity index (χ0v) is 12.4. The summed E-state index contributed by atoms with van der Waals surface area (Å²) in [4.78, 5) is 4.70. The van der Waals surface area contributed by atoms with E-state index in [4.69, 9.17) is 33.9 Å². The molecule has 2 aromatic heterocycles. The normalized spacial score (nSPS) is 11.2. The Morgan fingerprint density at radius 3 is 2.75 bits per heavy atom. The van der Waals surface area contributed by atoms with E-state index in [0.29, 0.717) is 16.6 Å². The van der Waals surface area contributed by atoms with Gasteiger partial charge >= 0.3 is 0 Å². The molecule has 0 spiro atoms. The van der Waals surface area contributed by atoms with Crippen LogP contribution in [0.5, 0.6) is 0 Å². The lowest BCUT2D eigenvalue weighted by atomic mass is 10.1. The van der Waals surface area contributed by atoms with Crippen LogP contribution in [0.25, 0.3) is 16.9 Å². The van der Waals surface area contributed by atoms with E-state index in [0.717, 1.165) is 28.2 Å². The summed E-state index contributed by atoms with van der Waals surface area (Å²) in [5.41, 5.74) is 10.4. The van der Waals surface area contributed by atoms with Crippen molar-refractivity contribution >= 4 is 28.8 Å². The number of halogens is 2. The summed E-state index contributed by atoms with van der Waals surface area (Å²) in [6, 6.07) is 9.38. The van der Waals surface area contributed by atoms with Crippen molar-refractivity contribution in [1.29, 1.82) is 0 Å². The maximum Gasteiger partial charge on any atom is 0.142 e. The van der Waals surface area contributed by atoms with Gasteiger partial charge in [-0.15, -0.1) is 0 Å². The fourth-order valence-corrected chi connectivity index (χ4v) is 2.84. The summed E-state index contributed by atoms with van der Waals surface area (Å²) in [7, 11) is 0. The molecule has 20 heavy (non-hydrogen) atoms. The molecular weight excluding hydrogens is 293 g/mol. The Morgan fingerprint density at radius 2 is 2.05 bits per heavy atom. The largest absolute Gasteiger partial charge is 0.326 e. The average molecular weight is 306 g/mol. The summed E-state index contributed by atoms with van der Waals surface area (Å²) in [6.45, 7) is 2.47. The molecule has 0 amide bonds. The van der Waals surface area contributed by atoms with Gasteiger partial charge in [0.25, 0.3) is 0 Å². The van der Waals surface area contributed by atoms with Crippen molar-refractivity contribution in [1.82, 2.24) is 9.38 Å². The number of hydrogen-bond acceptors (Lipinski definition) is 2. The number of imidazole rings is 1. The van der Waals surface area contributed by atoms with Gasteiger partial charge in [-0.3, -0.25) is 0 Å². The Balaban J connectivity index is 2.29. The molecule has 0 radical (unpaired) electrons. The minimum Gasteiger partial charge on any atom is -0.326 e. The number of fused-ring (bicyclic) bond motifs is 1. The van der Waals surface area contributed by atoms with Crippen LogP contribution in [-0.4, -0.2) is 9.38 Å². The van der Waals surface area contributed by atoms with E-state index in [9.17, 15) is 0 Å². The van der Waals surface area contributed by atoms with Crippen LogP contribution >= 0.6 is 23.2 Å². The predicted molar refractivity (Wildman–Crippen MR) is 83.3 cm³/mol. The van der Waals surface area contributed by atoms with E-state index in [-0.39, 0.29) is 0 Å². The van der Waals surface area contributed by atoms with Gasteiger partial charge in [0, 0.05) is 34.6 Å². The number of aryl methyl sites for hydroxylation is 1. The third-order valence-corrected chi connectivity index (χ3v) is 3.92. The number of rotatable bonds is 2. The second kappa shape index (κ2) is 5.09. The summed E-state index contributed by atoms with van der Waals surface area (Å²) in [5, 5.41) is 1.21. The highest BCUT2D eigenvalue weighted by atomic mass is 35.5. The van der Waals surface area contributed by atoms with Gasteiger partial charge < -0.3 is 10.1 Å². The SMILES string of the molecule is Cc1c(-c2ccc(Cl)cc2Cl)nc2c(CN)cccn12. The number of nitrogens with zero attached hydrogens (tertiary/aromatic N) is 2. The monoisotopic (exact) mass is 305 g/mol. The summed E-state index contributed by atoms with van der Waals surface area (Å²) in [6.07, 6.45) is 1.98. The Labute approximate surface area is 127 Å². The standard InChI is InChI=1S/C15H13Cl2N3/c1-9-14(12-5-4-11(16)7-13(12)17)19-15-10(8-18)3-2-6-20(9)15/h2-7H,8,18H2,1H3. The van der Waals surface area contributed by atoms with Crippen LogP contribution in [0.4, 0.5) is 0 Å². The molecule has 2 heterocycles. The van der Waals surface area contributed by atoms with E-state index in [1.165, 1.54) is 0 Å². The molecule has 0 aliphatic carbocycles. The fraction of sp³-hybridized carbons (Fsp3) is 0.133. The average Bonchev–Trinajstić information content (AvgIpc) is 2.76. The molecule has 3 nitrogen and oxygen atoms in total. The zero-order chi connectivity index (χ0) is 14.3. The topological polar surface area (TPSA) is 43.3 Å². The molecule has 0 unspecified atom stereocenters. The molecule has 1 aromatic carbocycles. The zero-order valence-electron chi connectivity index (χ0n) is 10.9. The summed E-state index contributed by atoms with van der Waals surface area (Å²) < 4.78 is 2.03. The van der Waals surface area contributed by atoms with Gasteiger partial charge in [-0.05, 0) is 31.2 Å². The Hall–Kier alpha value is -1.55. The highest BCUT2D eigenvalue weighted by molar-refractivity contribution is 6.36. The highest BCUT2D eigenvalue weighted by Crippen LogP contribution is 2.32. The Bertz CT molecular complexity index is 793. The first-order valence-electron chi connectivity index (χ1n) is 6.24. The van der Waals surface area contributed by atoms with Crippen LogP contribution in [0.1, 0.15) is 11.3 Å². The molecule has 0 bridgehead atoms. The van der Waals surface area contributed by atoms with Crippen LogP contribution in [0.3, 0.4) is 0 Å². The molecule has 102 valence electrons. The van der Waals surface area contributed by atoms with Gasteiger partial charge in [0.1, 0.15) is 5.65 Å². The van der Waals surface area contributed by atoms with Crippen molar-refractivity contribution in [3.05, 3.63) is 57.8 Å². The molecule has 0 saturated heterocycles. The molecule has 2 N–H and O–H groups in total. The lowest BCUT2D eigenvalue weighted by Crippen LogP contribution is -1.99. The minimum absolute atomic E-state index is 0.453. The van der Waals surface area contributed by atoms with Crippen LogP contribution in [0, 0.1) is 6.92 Å². The maximum atomic E-state index is 6.28. The molecule has 0 aliphatic heterocycles. The lowest BCUT2D eigenvalue weighted by Gasteiger charge is -2.03. The van der Waals surface area contributed by atoms with Gasteiger partial charge in [-0.1, -0.05) is 29.3 Å². The number of nitrogens with two attached hydrogens (primary N) is 1. The molecule has 0 saturated carbocycles. The quantitative estimate of drug-likeness (QED) is 0.775. The minimum atomic E-state index is 0.453. The lowest BCUT2D eigenvalue weighted by molar-refractivity contribution is 1.03. The third kappa shape index (κ3) is 2.08. The van der Waals surface area contributed by atoms with Gasteiger partial charge in [-0.25, -0.2) is 4.98 Å². The van der Waals surface area contributed by atoms with E-state index < -0.39 is 0 Å². The van der Waals surface area contributed by atoms with Gasteiger partial charge in [0.2, 0.25) is 0 Å². The smallest absolute Gasteiger partial charge is 0.142 e. The molecule has 3 aromatic rings. The number of hydrogen-bond donors (Lipinski definition) is 1. The van der Waals surface area contributed by atoms with Crippen molar-refractivity contribution in [3.63, 3.8) is 0 Å². The first kappa shape index (κ1) is 13.4. The molecule has 0 aliphatic rings. The van der Waals surface area contributed by atoms with Crippen LogP contribution in [0.2, 0.25) is 10.0 Å². The Kier molecular flexibility index (Phi) is 3.42. The Morgan fingerprint density at radius 1 is 1.25 bits per heavy atom. The van der Waals surface area contributed by atoms with E-state index in [1.54, 1.807) is 6.07 Å². The second-order valence-electron chi connectivity index (χ2n) is 4.60. The molecule has 5 heteroatoms. The van der Waals surface area contributed by atoms with E-state index in [1.807, 2.05) is 41.8 Å². The van der Waals surface area contributed by atoms with Crippen LogP contribution in [-0.2, 0) is 6.54 Å². The van der Waals surface area contributed by atoms with Crippen molar-refractivity contribution in [2.45, 2.75) is 13.5 Å². The van der Waals surface area contributed by atoms with Crippen molar-refractivity contribution < 1.29 is 0 Å². The highest BCUT2D eigenvalue weighted by Gasteiger charge is 2.14. The first-order chi connectivity index (χ1) is 9.61. The van der Waals surface area contributed by atoms with Crippen LogP contribution in [0.15, 0.2) is 36.5 Å². The van der Waals surface area contributed by atoms with Crippen molar-refractivity contribution in [3.8, 4) is 11.3 Å². The van der Waals surface area contributed by atoms with Gasteiger partial charge in [0.05, 0.1) is 10.7 Å². The van der Waals surface area contributed by atoms with Gasteiger partial charge in [0.15, 0.2) is 0 Å². The summed E-state index contributed by atoms with van der Waals surface area (Å²) in [5.74, 6) is 0. The number of pyridine rings is 1. The fourth-order valence-electron chi connectivity index (χ4n) is 2.34. The van der Waals surface area contributed by atoms with Crippen molar-refractivity contribution in [2.75, 3.05) is 0 Å². The van der Waals surface area contributed by atoms with Crippen molar-refractivity contribution in [2.24, 2.45) is 5.73 Å². The molecular formula is C15H13Cl2N3.